The van der Waals surface area contributed by atoms with E-state index in [0.29, 0.717) is 0 Å². The standard InChI is InChI=1S/C19H22N4O3/c1-11-4-7-14-12(9-11)3-2-8-22(14)10-15(24)16-17(20)23(13-5-6-13)19(26)21-18(16)25/h4,7,9,13H,2-3,5-6,8,10,20H2,1H3,(H,21,25,26). The van der Waals surface area contributed by atoms with Gasteiger partial charge in [-0.2, -0.15) is 0 Å². The summed E-state index contributed by atoms with van der Waals surface area (Å²) in [6, 6.07) is 6.18. The number of hydrogen-bond donors (Lipinski definition) is 2. The average molecular weight is 354 g/mol. The van der Waals surface area contributed by atoms with Gasteiger partial charge in [-0.05, 0) is 44.2 Å². The Morgan fingerprint density at radius 3 is 2.81 bits per heavy atom. The van der Waals surface area contributed by atoms with Crippen molar-refractivity contribution in [3.05, 3.63) is 55.7 Å². The van der Waals surface area contributed by atoms with Gasteiger partial charge in [-0.15, -0.1) is 0 Å². The summed E-state index contributed by atoms with van der Waals surface area (Å²) in [6.07, 6.45) is 3.61. The Kier molecular flexibility index (Phi) is 3.94. The van der Waals surface area contributed by atoms with E-state index >= 15 is 0 Å². The van der Waals surface area contributed by atoms with E-state index in [0.717, 1.165) is 37.9 Å². The number of aromatic nitrogens is 2. The number of nitrogens with two attached hydrogens (primary N) is 1. The van der Waals surface area contributed by atoms with Crippen molar-refractivity contribution in [1.82, 2.24) is 9.55 Å². The first-order chi connectivity index (χ1) is 12.5. The van der Waals surface area contributed by atoms with Gasteiger partial charge in [0.1, 0.15) is 11.4 Å². The molecular formula is C19H22N4O3. The molecule has 1 saturated carbocycles. The number of Topliss-reactive ketones (excluding diaryl/α,β-unsaturated/α-hetero) is 1. The van der Waals surface area contributed by atoms with E-state index < -0.39 is 11.2 Å². The number of nitrogens with zero attached hydrogens (tertiary/aromatic N) is 2. The topological polar surface area (TPSA) is 101 Å². The number of rotatable bonds is 4. The molecule has 4 rings (SSSR count). The van der Waals surface area contributed by atoms with Gasteiger partial charge in [-0.3, -0.25) is 19.1 Å². The molecule has 0 unspecified atom stereocenters. The molecule has 0 amide bonds. The summed E-state index contributed by atoms with van der Waals surface area (Å²) < 4.78 is 1.35. The van der Waals surface area contributed by atoms with Crippen molar-refractivity contribution in [2.45, 2.75) is 38.6 Å². The maximum Gasteiger partial charge on any atom is 0.330 e. The van der Waals surface area contributed by atoms with Crippen LogP contribution in [0.1, 0.15) is 46.8 Å². The number of benzene rings is 1. The zero-order chi connectivity index (χ0) is 18.4. The van der Waals surface area contributed by atoms with Crippen LogP contribution >= 0.6 is 0 Å². The van der Waals surface area contributed by atoms with Crippen molar-refractivity contribution in [1.29, 1.82) is 0 Å². The summed E-state index contributed by atoms with van der Waals surface area (Å²) in [5.74, 6) is -0.362. The second-order valence-corrected chi connectivity index (χ2v) is 7.20. The van der Waals surface area contributed by atoms with E-state index in [-0.39, 0.29) is 29.8 Å². The van der Waals surface area contributed by atoms with Crippen molar-refractivity contribution >= 4 is 17.3 Å². The Hall–Kier alpha value is -2.83. The second-order valence-electron chi connectivity index (χ2n) is 7.20. The third kappa shape index (κ3) is 2.83. The number of ketones is 1. The van der Waals surface area contributed by atoms with E-state index in [1.807, 2.05) is 24.0 Å². The first-order valence-electron chi connectivity index (χ1n) is 8.97. The Morgan fingerprint density at radius 2 is 2.08 bits per heavy atom. The molecule has 7 nitrogen and oxygen atoms in total. The smallest absolute Gasteiger partial charge is 0.330 e. The minimum Gasteiger partial charge on any atom is -0.384 e. The Labute approximate surface area is 150 Å². The number of anilines is 2. The summed E-state index contributed by atoms with van der Waals surface area (Å²) in [5.41, 5.74) is 8.15. The number of hydrogen-bond acceptors (Lipinski definition) is 5. The predicted octanol–water partition coefficient (Wildman–Crippen LogP) is 1.40. The third-order valence-corrected chi connectivity index (χ3v) is 5.16. The Bertz CT molecular complexity index is 1000. The van der Waals surface area contributed by atoms with Crippen molar-refractivity contribution in [2.24, 2.45) is 0 Å². The van der Waals surface area contributed by atoms with Crippen molar-refractivity contribution in [2.75, 3.05) is 23.7 Å². The number of carbonyl (C=O) groups is 1. The molecule has 0 saturated heterocycles. The molecule has 2 aromatic rings. The van der Waals surface area contributed by atoms with E-state index in [9.17, 15) is 14.4 Å². The Balaban J connectivity index is 1.67. The summed E-state index contributed by atoms with van der Waals surface area (Å²) in [6.45, 7) is 2.87. The lowest BCUT2D eigenvalue weighted by Gasteiger charge is -2.31. The average Bonchev–Trinajstić information content (AvgIpc) is 3.39. The first-order valence-corrected chi connectivity index (χ1v) is 8.97. The number of nitrogens with one attached hydrogen (secondary N) is 1. The number of carbonyl (C=O) groups excluding carboxylic acids is 1. The van der Waals surface area contributed by atoms with Crippen LogP contribution in [0.15, 0.2) is 27.8 Å². The normalized spacial score (nSPS) is 16.4. The molecule has 0 spiro atoms. The van der Waals surface area contributed by atoms with Gasteiger partial charge in [0.15, 0.2) is 5.78 Å². The van der Waals surface area contributed by atoms with Crippen LogP contribution in [-0.4, -0.2) is 28.4 Å². The third-order valence-electron chi connectivity index (χ3n) is 5.16. The van der Waals surface area contributed by atoms with Crippen LogP contribution in [0, 0.1) is 6.92 Å². The van der Waals surface area contributed by atoms with Crippen molar-refractivity contribution in [3.8, 4) is 0 Å². The highest BCUT2D eigenvalue weighted by Crippen LogP contribution is 2.35. The molecule has 0 atom stereocenters. The highest BCUT2D eigenvalue weighted by molar-refractivity contribution is 6.02. The van der Waals surface area contributed by atoms with Gasteiger partial charge in [0, 0.05) is 18.3 Å². The van der Waals surface area contributed by atoms with Crippen LogP contribution in [0.25, 0.3) is 0 Å². The number of aromatic amines is 1. The van der Waals surface area contributed by atoms with Gasteiger partial charge in [-0.1, -0.05) is 17.7 Å². The van der Waals surface area contributed by atoms with Gasteiger partial charge in [0.25, 0.3) is 5.56 Å². The van der Waals surface area contributed by atoms with Crippen LogP contribution in [-0.2, 0) is 6.42 Å². The highest BCUT2D eigenvalue weighted by atomic mass is 16.2. The van der Waals surface area contributed by atoms with Crippen LogP contribution in [0.3, 0.4) is 0 Å². The van der Waals surface area contributed by atoms with Gasteiger partial charge in [-0.25, -0.2) is 4.79 Å². The first kappa shape index (κ1) is 16.6. The molecule has 7 heteroatoms. The summed E-state index contributed by atoms with van der Waals surface area (Å²) in [5, 5.41) is 0. The largest absolute Gasteiger partial charge is 0.384 e. The molecule has 1 aromatic heterocycles. The van der Waals surface area contributed by atoms with Gasteiger partial charge < -0.3 is 10.6 Å². The number of nitrogen functional groups attached to an aromatic ring is 1. The zero-order valence-corrected chi connectivity index (χ0v) is 14.7. The number of fused-ring (bicyclic) bond motifs is 1. The molecule has 3 N–H and O–H groups in total. The van der Waals surface area contributed by atoms with E-state index in [1.165, 1.54) is 15.7 Å². The second kappa shape index (κ2) is 6.16. The lowest BCUT2D eigenvalue weighted by Crippen LogP contribution is -2.40. The fourth-order valence-corrected chi connectivity index (χ4v) is 3.75. The van der Waals surface area contributed by atoms with Crippen LogP contribution < -0.4 is 21.9 Å². The van der Waals surface area contributed by atoms with Crippen molar-refractivity contribution in [3.63, 3.8) is 0 Å². The summed E-state index contributed by atoms with van der Waals surface area (Å²) >= 11 is 0. The van der Waals surface area contributed by atoms with Gasteiger partial charge in [0.2, 0.25) is 0 Å². The molecule has 1 aliphatic carbocycles. The van der Waals surface area contributed by atoms with E-state index in [2.05, 4.69) is 11.1 Å². The quantitative estimate of drug-likeness (QED) is 0.808. The lowest BCUT2D eigenvalue weighted by atomic mass is 9.99. The monoisotopic (exact) mass is 354 g/mol. The minimum absolute atomic E-state index is 0.00705. The zero-order valence-electron chi connectivity index (χ0n) is 14.7. The highest BCUT2D eigenvalue weighted by Gasteiger charge is 2.30. The minimum atomic E-state index is -0.699. The van der Waals surface area contributed by atoms with E-state index in [1.54, 1.807) is 0 Å². The number of H-pyrrole nitrogens is 1. The van der Waals surface area contributed by atoms with Crippen LogP contribution in [0.2, 0.25) is 0 Å². The summed E-state index contributed by atoms with van der Waals surface area (Å²) in [7, 11) is 0. The molecule has 136 valence electrons. The number of aryl methyl sites for hydroxylation is 2. The lowest BCUT2D eigenvalue weighted by molar-refractivity contribution is 0.0997. The molecule has 0 radical (unpaired) electrons. The van der Waals surface area contributed by atoms with Crippen LogP contribution in [0.4, 0.5) is 11.5 Å². The van der Waals surface area contributed by atoms with Gasteiger partial charge in [0.05, 0.1) is 6.54 Å². The molecule has 2 aliphatic rings. The van der Waals surface area contributed by atoms with Gasteiger partial charge >= 0.3 is 5.69 Å². The van der Waals surface area contributed by atoms with E-state index in [4.69, 9.17) is 5.73 Å². The maximum atomic E-state index is 12.9. The molecule has 1 fully saturated rings. The Morgan fingerprint density at radius 1 is 1.31 bits per heavy atom. The SMILES string of the molecule is Cc1ccc2c(c1)CCCN2CC(=O)c1c(N)n(C2CC2)c(=O)[nH]c1=O. The fourth-order valence-electron chi connectivity index (χ4n) is 3.75. The van der Waals surface area contributed by atoms with Crippen molar-refractivity contribution < 1.29 is 4.79 Å². The fraction of sp³-hybridized carbons (Fsp3) is 0.421. The molecule has 1 aromatic carbocycles. The predicted molar refractivity (Wildman–Crippen MR) is 100 cm³/mol. The maximum absolute atomic E-state index is 12.9. The molecule has 2 heterocycles. The molecule has 26 heavy (non-hydrogen) atoms. The molecular weight excluding hydrogens is 332 g/mol. The molecule has 0 bridgehead atoms. The summed E-state index contributed by atoms with van der Waals surface area (Å²) in [4.78, 5) is 41.4. The molecule has 1 aliphatic heterocycles. The van der Waals surface area contributed by atoms with Crippen LogP contribution in [0.5, 0.6) is 0 Å².